The van der Waals surface area contributed by atoms with E-state index in [1.165, 1.54) is 6.07 Å². The zero-order valence-corrected chi connectivity index (χ0v) is 17.3. The number of nitro benzene ring substituents is 1. The predicted molar refractivity (Wildman–Crippen MR) is 112 cm³/mol. The minimum atomic E-state index is -0.674. The number of allylic oxidation sites excluding steroid dienone is 5. The first kappa shape index (κ1) is 19.9. The first-order chi connectivity index (χ1) is 13.0. The quantitative estimate of drug-likeness (QED) is 0.494. The molecule has 1 aromatic rings. The third-order valence-electron chi connectivity index (χ3n) is 5.89. The van der Waals surface area contributed by atoms with Gasteiger partial charge in [-0.05, 0) is 31.6 Å². The highest BCUT2D eigenvalue weighted by atomic mass is 16.6. The molecule has 3 rings (SSSR count). The van der Waals surface area contributed by atoms with Gasteiger partial charge in [0.05, 0.1) is 16.9 Å². The van der Waals surface area contributed by atoms with Crippen LogP contribution in [0.5, 0.6) is 5.75 Å². The minimum absolute atomic E-state index is 0.0696. The lowest BCUT2D eigenvalue weighted by Gasteiger charge is -2.56. The number of benzene rings is 1. The van der Waals surface area contributed by atoms with Gasteiger partial charge in [-0.25, -0.2) is 0 Å². The van der Waals surface area contributed by atoms with Crippen molar-refractivity contribution < 1.29 is 9.66 Å². The summed E-state index contributed by atoms with van der Waals surface area (Å²) >= 11 is 0. The van der Waals surface area contributed by atoms with Crippen molar-refractivity contribution in [1.29, 1.82) is 0 Å². The Balaban J connectivity index is 2.32. The summed E-state index contributed by atoms with van der Waals surface area (Å²) in [6.07, 6.45) is 7.57. The molecule has 5 nitrogen and oxygen atoms in total. The van der Waals surface area contributed by atoms with Crippen LogP contribution in [0.4, 0.5) is 5.69 Å². The van der Waals surface area contributed by atoms with Crippen LogP contribution >= 0.6 is 0 Å². The van der Waals surface area contributed by atoms with Gasteiger partial charge in [0.1, 0.15) is 5.75 Å². The number of ether oxygens (including phenoxy) is 1. The van der Waals surface area contributed by atoms with Gasteiger partial charge in [-0.15, -0.1) is 0 Å². The third kappa shape index (κ3) is 2.53. The van der Waals surface area contributed by atoms with Gasteiger partial charge >= 0.3 is 0 Å². The summed E-state index contributed by atoms with van der Waals surface area (Å²) in [6.45, 7) is 19.2. The van der Waals surface area contributed by atoms with Gasteiger partial charge in [-0.3, -0.25) is 10.1 Å². The van der Waals surface area contributed by atoms with E-state index in [0.717, 1.165) is 16.8 Å². The van der Waals surface area contributed by atoms with Gasteiger partial charge in [0.25, 0.3) is 5.69 Å². The number of rotatable bonds is 3. The SMILES string of the molecule is C=CC=C1/C(=C\C=C)N2Cc3cc([N+](=O)[O-])ccc3OC2(C(C)(C)C)C1(C)C. The van der Waals surface area contributed by atoms with E-state index in [4.69, 9.17) is 4.74 Å². The van der Waals surface area contributed by atoms with Crippen LogP contribution in [0.15, 0.2) is 66.9 Å². The van der Waals surface area contributed by atoms with Gasteiger partial charge in [0.2, 0.25) is 0 Å². The summed E-state index contributed by atoms with van der Waals surface area (Å²) in [6, 6.07) is 4.84. The summed E-state index contributed by atoms with van der Waals surface area (Å²) in [5.41, 5.74) is 1.69. The summed E-state index contributed by atoms with van der Waals surface area (Å²) in [5, 5.41) is 11.3. The van der Waals surface area contributed by atoms with Crippen LogP contribution in [0.2, 0.25) is 0 Å². The monoisotopic (exact) mass is 380 g/mol. The number of non-ortho nitro benzene ring substituents is 1. The molecule has 0 amide bonds. The lowest BCUT2D eigenvalue weighted by atomic mass is 9.65. The van der Waals surface area contributed by atoms with Gasteiger partial charge in [-0.2, -0.15) is 0 Å². The largest absolute Gasteiger partial charge is 0.466 e. The first-order valence-corrected chi connectivity index (χ1v) is 9.41. The van der Waals surface area contributed by atoms with Crippen LogP contribution in [0.1, 0.15) is 40.2 Å². The average Bonchev–Trinajstić information content (AvgIpc) is 2.78. The first-order valence-electron chi connectivity index (χ1n) is 9.41. The molecule has 148 valence electrons. The van der Waals surface area contributed by atoms with E-state index >= 15 is 0 Å². The Labute approximate surface area is 166 Å². The zero-order valence-electron chi connectivity index (χ0n) is 17.3. The molecule has 0 bridgehead atoms. The van der Waals surface area contributed by atoms with Gasteiger partial charge in [0.15, 0.2) is 5.72 Å². The number of nitrogens with zero attached hydrogens (tertiary/aromatic N) is 2. The van der Waals surface area contributed by atoms with Crippen molar-refractivity contribution in [3.05, 3.63) is 82.6 Å². The topological polar surface area (TPSA) is 55.6 Å². The second-order valence-electron chi connectivity index (χ2n) is 8.86. The Morgan fingerprint density at radius 1 is 1.21 bits per heavy atom. The standard InChI is InChI=1S/C23H28N2O3/c1-8-10-18-19(11-9-2)24-15-16-14-17(25(26)27)12-13-20(16)28-23(24,21(3,4)5)22(18,6)7/h8-14H,1-2,15H2,3-7H3/b18-10?,19-11+. The molecular weight excluding hydrogens is 352 g/mol. The van der Waals surface area contributed by atoms with E-state index in [-0.39, 0.29) is 21.4 Å². The average molecular weight is 380 g/mol. The molecule has 1 atom stereocenters. The molecule has 0 spiro atoms. The van der Waals surface area contributed by atoms with E-state index in [1.54, 1.807) is 24.3 Å². The fourth-order valence-electron chi connectivity index (χ4n) is 4.96. The summed E-state index contributed by atoms with van der Waals surface area (Å²) in [5.74, 6) is 0.697. The Morgan fingerprint density at radius 3 is 2.39 bits per heavy atom. The molecule has 5 heteroatoms. The van der Waals surface area contributed by atoms with Gasteiger partial charge < -0.3 is 9.64 Å². The summed E-state index contributed by atoms with van der Waals surface area (Å²) in [4.78, 5) is 13.1. The normalized spacial score (nSPS) is 25.8. The molecule has 1 aromatic carbocycles. The fourth-order valence-corrected chi connectivity index (χ4v) is 4.96. The summed E-state index contributed by atoms with van der Waals surface area (Å²) < 4.78 is 6.76. The minimum Gasteiger partial charge on any atom is -0.466 e. The zero-order chi connectivity index (χ0) is 20.9. The van der Waals surface area contributed by atoms with E-state index in [1.807, 2.05) is 12.2 Å². The highest BCUT2D eigenvalue weighted by molar-refractivity contribution is 5.53. The Bertz CT molecular complexity index is 918. The third-order valence-corrected chi connectivity index (χ3v) is 5.89. The van der Waals surface area contributed by atoms with Crippen molar-refractivity contribution in [2.24, 2.45) is 10.8 Å². The molecule has 2 aliphatic rings. The summed E-state index contributed by atoms with van der Waals surface area (Å²) in [7, 11) is 0. The van der Waals surface area contributed by atoms with Crippen molar-refractivity contribution in [2.75, 3.05) is 0 Å². The molecule has 0 saturated carbocycles. The molecule has 0 aromatic heterocycles. The molecule has 2 heterocycles. The van der Waals surface area contributed by atoms with Crippen LogP contribution in [-0.2, 0) is 6.54 Å². The molecule has 0 radical (unpaired) electrons. The van der Waals surface area contributed by atoms with E-state index in [9.17, 15) is 10.1 Å². The lowest BCUT2D eigenvalue weighted by Crippen LogP contribution is -2.65. The molecule has 0 aliphatic carbocycles. The highest BCUT2D eigenvalue weighted by Crippen LogP contribution is 2.63. The smallest absolute Gasteiger partial charge is 0.270 e. The number of nitro groups is 1. The molecule has 1 saturated heterocycles. The highest BCUT2D eigenvalue weighted by Gasteiger charge is 2.67. The van der Waals surface area contributed by atoms with Crippen molar-refractivity contribution >= 4 is 5.69 Å². The van der Waals surface area contributed by atoms with Gasteiger partial charge in [-0.1, -0.05) is 52.2 Å². The Hall–Kier alpha value is -2.82. The van der Waals surface area contributed by atoms with Gasteiger partial charge in [0, 0.05) is 28.8 Å². The fraction of sp³-hybridized carbons (Fsp3) is 0.391. The Morgan fingerprint density at radius 2 is 1.86 bits per heavy atom. The maximum Gasteiger partial charge on any atom is 0.270 e. The molecule has 0 N–H and O–H groups in total. The molecular formula is C23H28N2O3. The van der Waals surface area contributed by atoms with Crippen LogP contribution in [0, 0.1) is 20.9 Å². The molecule has 1 fully saturated rings. The number of hydrogen-bond donors (Lipinski definition) is 0. The number of hydrogen-bond acceptors (Lipinski definition) is 4. The van der Waals surface area contributed by atoms with Crippen LogP contribution in [0.25, 0.3) is 0 Å². The van der Waals surface area contributed by atoms with Crippen LogP contribution in [-0.4, -0.2) is 15.5 Å². The molecule has 28 heavy (non-hydrogen) atoms. The second kappa shape index (κ2) is 6.36. The van der Waals surface area contributed by atoms with Crippen molar-refractivity contribution in [1.82, 2.24) is 4.90 Å². The maximum atomic E-state index is 11.3. The molecule has 1 unspecified atom stereocenters. The van der Waals surface area contributed by atoms with E-state index < -0.39 is 5.72 Å². The van der Waals surface area contributed by atoms with Crippen molar-refractivity contribution in [3.63, 3.8) is 0 Å². The second-order valence-corrected chi connectivity index (χ2v) is 8.86. The van der Waals surface area contributed by atoms with Crippen molar-refractivity contribution in [2.45, 2.75) is 46.9 Å². The molecule has 2 aliphatic heterocycles. The maximum absolute atomic E-state index is 11.3. The Kier molecular flexibility index (Phi) is 4.53. The van der Waals surface area contributed by atoms with Crippen LogP contribution < -0.4 is 4.74 Å². The van der Waals surface area contributed by atoms with Crippen molar-refractivity contribution in [3.8, 4) is 5.75 Å². The van der Waals surface area contributed by atoms with E-state index in [0.29, 0.717) is 12.3 Å². The van der Waals surface area contributed by atoms with Crippen LogP contribution in [0.3, 0.4) is 0 Å². The van der Waals surface area contributed by atoms with E-state index in [2.05, 4.69) is 52.7 Å². The number of fused-ring (bicyclic) bond motifs is 2. The lowest BCUT2D eigenvalue weighted by molar-refractivity contribution is -0.385. The predicted octanol–water partition coefficient (Wildman–Crippen LogP) is 5.75.